The highest BCUT2D eigenvalue weighted by Gasteiger charge is 2.23. The zero-order valence-corrected chi connectivity index (χ0v) is 29.5. The molecule has 3 aromatic carbocycles. The van der Waals surface area contributed by atoms with Gasteiger partial charge in [-0.05, 0) is 92.0 Å². The van der Waals surface area contributed by atoms with Crippen molar-refractivity contribution in [1.82, 2.24) is 24.3 Å². The smallest absolute Gasteiger partial charge is 0.318 e. The predicted octanol–water partition coefficient (Wildman–Crippen LogP) is 7.70. The largest absolute Gasteiger partial charge is 0.495 e. The van der Waals surface area contributed by atoms with E-state index < -0.39 is 23.2 Å². The number of thiol groups is 1. The van der Waals surface area contributed by atoms with Crippen molar-refractivity contribution in [3.05, 3.63) is 120 Å². The Bertz CT molecular complexity index is 2270. The second-order valence-electron chi connectivity index (χ2n) is 12.5. The first-order valence-electron chi connectivity index (χ1n) is 17.0. The summed E-state index contributed by atoms with van der Waals surface area (Å²) in [6.07, 6.45) is 5.74. The van der Waals surface area contributed by atoms with Crippen LogP contribution >= 0.6 is 12.9 Å². The molecular weight excluding hydrogens is 701 g/mol. The SMILES string of the molecule is COc1cc(C2CCN(CCC(=O)OS)CC2)ccc1Nc1nccc(-c2c(-c3cccc(C(=O)Nc4c(F)cccc4F)c3)nc3ccccn23)n1. The Hall–Kier alpha value is -5.86. The number of piperidine rings is 1. The number of carbonyl (C=O) groups excluding carboxylic acids is 2. The Morgan fingerprint density at radius 2 is 1.74 bits per heavy atom. The van der Waals surface area contributed by atoms with Crippen LogP contribution in [0.15, 0.2) is 97.3 Å². The standard InChI is InChI=1S/C39H35F2N7O4S/c1-51-32-23-25(24-14-19-47(20-15-24)21-16-34(49)52-53)11-12-30(32)43-39-42-17-13-31(44-39)37-35(45-33-10-2-3-18-48(33)37)26-6-4-7-27(22-26)38(50)46-36-28(40)8-5-9-29(36)41/h2-13,17-18,22-24,53H,14-16,19-21H2,1H3,(H,46,50)(H,42,43,44). The molecular formula is C39H35F2N7O4S. The van der Waals surface area contributed by atoms with Gasteiger partial charge in [0, 0.05) is 43.0 Å². The van der Waals surface area contributed by atoms with E-state index in [2.05, 4.69) is 43.7 Å². The summed E-state index contributed by atoms with van der Waals surface area (Å²) in [6, 6.07) is 23.5. The topological polar surface area (TPSA) is 123 Å². The van der Waals surface area contributed by atoms with Crippen LogP contribution in [0, 0.1) is 11.6 Å². The van der Waals surface area contributed by atoms with E-state index in [1.165, 1.54) is 11.6 Å². The highest BCUT2D eigenvalue weighted by atomic mass is 32.1. The van der Waals surface area contributed by atoms with Gasteiger partial charge in [0.2, 0.25) is 5.95 Å². The van der Waals surface area contributed by atoms with Gasteiger partial charge >= 0.3 is 5.97 Å². The first-order chi connectivity index (χ1) is 25.8. The van der Waals surface area contributed by atoms with E-state index in [4.69, 9.17) is 14.7 Å². The average Bonchev–Trinajstić information content (AvgIpc) is 3.59. The lowest BCUT2D eigenvalue weighted by atomic mass is 9.89. The molecule has 11 nitrogen and oxygen atoms in total. The number of hydrogen-bond donors (Lipinski definition) is 3. The fourth-order valence-corrected chi connectivity index (χ4v) is 6.67. The number of ether oxygens (including phenoxy) is 1. The molecule has 1 aliphatic heterocycles. The number of imidazole rings is 1. The third kappa shape index (κ3) is 7.83. The number of anilines is 3. The van der Waals surface area contributed by atoms with Crippen molar-refractivity contribution in [3.8, 4) is 28.4 Å². The van der Waals surface area contributed by atoms with Gasteiger partial charge in [-0.15, -0.1) is 0 Å². The van der Waals surface area contributed by atoms with Crippen LogP contribution in [0.4, 0.5) is 26.1 Å². The normalized spacial score (nSPS) is 13.5. The van der Waals surface area contributed by atoms with E-state index >= 15 is 0 Å². The predicted molar refractivity (Wildman–Crippen MR) is 200 cm³/mol. The number of nitrogens with zero attached hydrogens (tertiary/aromatic N) is 5. The van der Waals surface area contributed by atoms with E-state index in [1.54, 1.807) is 37.6 Å². The number of halogens is 2. The lowest BCUT2D eigenvalue weighted by Crippen LogP contribution is -2.34. The highest BCUT2D eigenvalue weighted by Crippen LogP contribution is 2.36. The van der Waals surface area contributed by atoms with Gasteiger partial charge in [0.05, 0.1) is 36.3 Å². The Labute approximate surface area is 309 Å². The number of aromatic nitrogens is 4. The van der Waals surface area contributed by atoms with Crippen LogP contribution in [0.3, 0.4) is 0 Å². The molecule has 3 aromatic heterocycles. The van der Waals surface area contributed by atoms with Crippen molar-refractivity contribution in [1.29, 1.82) is 0 Å². The fourth-order valence-electron chi connectivity index (χ4n) is 6.57. The summed E-state index contributed by atoms with van der Waals surface area (Å²) in [4.78, 5) is 41.1. The zero-order chi connectivity index (χ0) is 36.9. The summed E-state index contributed by atoms with van der Waals surface area (Å²) in [5.41, 5.74) is 4.54. The van der Waals surface area contributed by atoms with E-state index in [1.807, 2.05) is 47.0 Å². The first kappa shape index (κ1) is 35.5. The molecule has 7 rings (SSSR count). The minimum absolute atomic E-state index is 0.190. The average molecular weight is 736 g/mol. The quantitative estimate of drug-likeness (QED) is 0.0908. The molecule has 1 aliphatic rings. The molecule has 53 heavy (non-hydrogen) atoms. The third-order valence-corrected chi connectivity index (χ3v) is 9.50. The maximum Gasteiger partial charge on any atom is 0.318 e. The van der Waals surface area contributed by atoms with Crippen molar-refractivity contribution < 1.29 is 27.3 Å². The first-order valence-corrected chi connectivity index (χ1v) is 17.4. The van der Waals surface area contributed by atoms with Crippen LogP contribution in [0.1, 0.15) is 41.1 Å². The molecule has 4 heterocycles. The van der Waals surface area contributed by atoms with Crippen molar-refractivity contribution in [2.45, 2.75) is 25.2 Å². The lowest BCUT2D eigenvalue weighted by molar-refractivity contribution is -0.133. The molecule has 0 atom stereocenters. The summed E-state index contributed by atoms with van der Waals surface area (Å²) in [7, 11) is 1.62. The van der Waals surface area contributed by atoms with Gasteiger partial charge in [-0.1, -0.05) is 30.3 Å². The van der Waals surface area contributed by atoms with Gasteiger partial charge in [0.25, 0.3) is 5.91 Å². The number of para-hydroxylation sites is 1. The van der Waals surface area contributed by atoms with Gasteiger partial charge in [-0.2, -0.15) is 0 Å². The van der Waals surface area contributed by atoms with Crippen LogP contribution in [0.25, 0.3) is 28.3 Å². The van der Waals surface area contributed by atoms with Crippen LogP contribution in [0.5, 0.6) is 5.75 Å². The molecule has 2 N–H and O–H groups in total. The molecule has 0 saturated carbocycles. The number of pyridine rings is 1. The molecule has 0 spiro atoms. The number of likely N-dealkylation sites (tertiary alicyclic amines) is 1. The minimum Gasteiger partial charge on any atom is -0.495 e. The van der Waals surface area contributed by atoms with Crippen molar-refractivity contribution in [2.24, 2.45) is 0 Å². The second kappa shape index (κ2) is 15.8. The molecule has 14 heteroatoms. The number of hydrogen-bond acceptors (Lipinski definition) is 10. The van der Waals surface area contributed by atoms with Gasteiger partial charge < -0.3 is 24.5 Å². The van der Waals surface area contributed by atoms with Crippen molar-refractivity contribution >= 4 is 47.8 Å². The highest BCUT2D eigenvalue weighted by molar-refractivity contribution is 7.75. The minimum atomic E-state index is -0.872. The Morgan fingerprint density at radius 1 is 0.943 bits per heavy atom. The molecule has 1 amide bonds. The molecule has 6 aromatic rings. The Morgan fingerprint density at radius 3 is 2.51 bits per heavy atom. The van der Waals surface area contributed by atoms with E-state index in [0.29, 0.717) is 64.6 Å². The van der Waals surface area contributed by atoms with Crippen molar-refractivity contribution in [3.63, 3.8) is 0 Å². The molecule has 270 valence electrons. The number of carbonyl (C=O) groups is 2. The molecule has 1 fully saturated rings. The summed E-state index contributed by atoms with van der Waals surface area (Å²) in [6.45, 7) is 2.41. The summed E-state index contributed by atoms with van der Waals surface area (Å²) in [5.74, 6) is -1.41. The number of rotatable bonds is 11. The Kier molecular flexibility index (Phi) is 10.6. The maximum atomic E-state index is 14.3. The molecule has 1 saturated heterocycles. The van der Waals surface area contributed by atoms with Gasteiger partial charge in [0.15, 0.2) is 0 Å². The number of nitrogens with one attached hydrogen (secondary N) is 2. The number of benzene rings is 3. The van der Waals surface area contributed by atoms with E-state index in [0.717, 1.165) is 38.1 Å². The van der Waals surface area contributed by atoms with Crippen LogP contribution in [0.2, 0.25) is 0 Å². The summed E-state index contributed by atoms with van der Waals surface area (Å²) >= 11 is 3.58. The Balaban J connectivity index is 1.13. The molecule has 0 radical (unpaired) electrons. The fraction of sp³-hybridized carbons (Fsp3) is 0.205. The number of fused-ring (bicyclic) bond motifs is 1. The van der Waals surface area contributed by atoms with Gasteiger partial charge in [0.1, 0.15) is 28.7 Å². The van der Waals surface area contributed by atoms with Gasteiger partial charge in [-0.3, -0.25) is 14.0 Å². The monoisotopic (exact) mass is 735 g/mol. The maximum absolute atomic E-state index is 14.3. The van der Waals surface area contributed by atoms with Crippen LogP contribution < -0.4 is 15.4 Å². The van der Waals surface area contributed by atoms with E-state index in [-0.39, 0.29) is 11.5 Å². The van der Waals surface area contributed by atoms with Crippen LogP contribution in [-0.4, -0.2) is 62.9 Å². The van der Waals surface area contributed by atoms with Gasteiger partial charge in [-0.25, -0.2) is 23.7 Å². The third-order valence-electron chi connectivity index (χ3n) is 9.29. The summed E-state index contributed by atoms with van der Waals surface area (Å²) in [5, 5.41) is 5.66. The lowest BCUT2D eigenvalue weighted by Gasteiger charge is -2.32. The molecule has 0 bridgehead atoms. The van der Waals surface area contributed by atoms with E-state index in [9.17, 15) is 18.4 Å². The van der Waals surface area contributed by atoms with Crippen molar-refractivity contribution in [2.75, 3.05) is 37.4 Å². The number of methoxy groups -OCH3 is 1. The zero-order valence-electron chi connectivity index (χ0n) is 28.6. The number of amides is 1. The second-order valence-corrected chi connectivity index (χ2v) is 12.7. The van der Waals surface area contributed by atoms with Crippen LogP contribution in [-0.2, 0) is 8.98 Å². The summed E-state index contributed by atoms with van der Waals surface area (Å²) < 4.78 is 40.7. The molecule has 0 unspecified atom stereocenters. The molecule has 0 aliphatic carbocycles.